The van der Waals surface area contributed by atoms with Crippen LogP contribution < -0.4 is 0 Å². The molecule has 0 rings (SSSR count). The quantitative estimate of drug-likeness (QED) is 0.524. The minimum atomic E-state index is 0. The van der Waals surface area contributed by atoms with Gasteiger partial charge >= 0.3 is 51.4 Å². The van der Waals surface area contributed by atoms with E-state index in [1.54, 1.807) is 0 Å². The molecule has 14 valence electrons. The van der Waals surface area contributed by atoms with Gasteiger partial charge in [-0.25, -0.2) is 0 Å². The Kier molecular flexibility index (Phi) is 104. The Bertz CT molecular complexity index is 8.00. The molecule has 0 aliphatic heterocycles. The van der Waals surface area contributed by atoms with Gasteiger partial charge in [0.2, 0.25) is 0 Å². The third-order valence-corrected chi connectivity index (χ3v) is 0. The van der Waals surface area contributed by atoms with Gasteiger partial charge in [0, 0.05) is 46.8 Å². The fourth-order valence-electron chi connectivity index (χ4n) is 0. The molecule has 0 aromatic heterocycles. The molecule has 0 spiro atoms. The summed E-state index contributed by atoms with van der Waals surface area (Å²) in [7, 11) is 0. The molecule has 0 saturated carbocycles. The summed E-state index contributed by atoms with van der Waals surface area (Å²) in [4.78, 5) is 0. The van der Waals surface area contributed by atoms with Crippen LogP contribution >= 0.6 is 12.4 Å². The Morgan fingerprint density at radius 3 is 1.00 bits per heavy atom. The second-order valence-corrected chi connectivity index (χ2v) is 0. The minimum absolute atomic E-state index is 0. The van der Waals surface area contributed by atoms with E-state index in [1.165, 1.54) is 0 Å². The van der Waals surface area contributed by atoms with Crippen LogP contribution in [0.25, 0.3) is 0 Å². The van der Waals surface area contributed by atoms with E-state index in [2.05, 4.69) is 0 Å². The van der Waals surface area contributed by atoms with E-state index < -0.39 is 0 Å². The Labute approximate surface area is 108 Å². The fraction of sp³-hybridized carbons (Fsp3) is 0. The van der Waals surface area contributed by atoms with Crippen LogP contribution in [0.1, 0.15) is 0 Å². The molecular weight excluding hydrogens is 252 g/mol. The Balaban J connectivity index is 0. The summed E-state index contributed by atoms with van der Waals surface area (Å²) < 4.78 is 0. The summed E-state index contributed by atoms with van der Waals surface area (Å²) in [6.45, 7) is 0. The average molecular weight is 254 g/mol. The smallest absolute Gasteiger partial charge is 0 e. The SMILES string of the molecule is Cl.[Cd].[KH].[Zn]. The summed E-state index contributed by atoms with van der Waals surface area (Å²) in [5, 5.41) is 0. The van der Waals surface area contributed by atoms with E-state index in [0.717, 1.165) is 0 Å². The van der Waals surface area contributed by atoms with Gasteiger partial charge in [-0.1, -0.05) is 0 Å². The van der Waals surface area contributed by atoms with E-state index >= 15 is 0 Å². The first-order valence-electron chi connectivity index (χ1n) is 0. The maximum Gasteiger partial charge on any atom is 0 e. The molecule has 0 unspecified atom stereocenters. The summed E-state index contributed by atoms with van der Waals surface area (Å²) in [6, 6.07) is 0. The van der Waals surface area contributed by atoms with Crippen molar-refractivity contribution in [2.75, 3.05) is 0 Å². The van der Waals surface area contributed by atoms with Crippen molar-refractivity contribution in [1.29, 1.82) is 0 Å². The topological polar surface area (TPSA) is 0 Å². The van der Waals surface area contributed by atoms with E-state index in [4.69, 9.17) is 0 Å². The number of hydrogen-bond donors (Lipinski definition) is 0. The number of hydrogen-bond acceptors (Lipinski definition) is 0. The zero-order valence-electron chi connectivity index (χ0n) is 1.82. The molecule has 0 amide bonds. The van der Waals surface area contributed by atoms with Crippen LogP contribution in [0.4, 0.5) is 0 Å². The Morgan fingerprint density at radius 2 is 1.00 bits per heavy atom. The molecule has 0 radical (unpaired) electrons. The van der Waals surface area contributed by atoms with Crippen molar-refractivity contribution >= 4 is 63.8 Å². The first-order chi connectivity index (χ1) is 0. The van der Waals surface area contributed by atoms with Crippen molar-refractivity contribution in [3.05, 3.63) is 0 Å². The van der Waals surface area contributed by atoms with Crippen LogP contribution in [0.15, 0.2) is 0 Å². The zero-order valence-corrected chi connectivity index (χ0v) is 9.64. The molecule has 0 saturated heterocycles. The average Bonchev–Trinajstić information content (AvgIpc) is 0. The first kappa shape index (κ1) is 26.0. The summed E-state index contributed by atoms with van der Waals surface area (Å²) in [5.41, 5.74) is 0. The van der Waals surface area contributed by atoms with Crippen molar-refractivity contribution in [2.24, 2.45) is 0 Å². The molecular formula is H2CdClKZn. The van der Waals surface area contributed by atoms with E-state index in [-0.39, 0.29) is 111 Å². The molecule has 0 aromatic rings. The number of rotatable bonds is 0. The van der Waals surface area contributed by atoms with Gasteiger partial charge in [-0.05, 0) is 0 Å². The van der Waals surface area contributed by atoms with Crippen molar-refractivity contribution < 1.29 is 46.8 Å². The van der Waals surface area contributed by atoms with E-state index in [1.807, 2.05) is 0 Å². The van der Waals surface area contributed by atoms with Crippen molar-refractivity contribution in [3.63, 3.8) is 0 Å². The molecule has 0 N–H and O–H groups in total. The van der Waals surface area contributed by atoms with Crippen LogP contribution in [0, 0.1) is 0 Å². The molecule has 0 bridgehead atoms. The summed E-state index contributed by atoms with van der Waals surface area (Å²) in [5.74, 6) is 0. The van der Waals surface area contributed by atoms with Crippen LogP contribution in [0.3, 0.4) is 0 Å². The van der Waals surface area contributed by atoms with Gasteiger partial charge in [-0.15, -0.1) is 12.4 Å². The predicted molar refractivity (Wildman–Crippen MR) is 14.4 cm³/mol. The van der Waals surface area contributed by atoms with Gasteiger partial charge in [0.05, 0.1) is 0 Å². The van der Waals surface area contributed by atoms with E-state index in [0.29, 0.717) is 0 Å². The molecule has 0 aromatic carbocycles. The Morgan fingerprint density at radius 1 is 1.00 bits per heavy atom. The molecule has 0 nitrogen and oxygen atoms in total. The molecule has 0 atom stereocenters. The molecule has 0 aliphatic rings. The standard InChI is InChI=1S/Cd.ClH.K.Zn.H/h;1H;;;. The predicted octanol–water partition coefficient (Wildman–Crippen LogP) is -0.232. The van der Waals surface area contributed by atoms with Gasteiger partial charge in [0.1, 0.15) is 0 Å². The fourth-order valence-corrected chi connectivity index (χ4v) is 0. The summed E-state index contributed by atoms with van der Waals surface area (Å²) >= 11 is 0. The van der Waals surface area contributed by atoms with Crippen LogP contribution in [0.5, 0.6) is 0 Å². The van der Waals surface area contributed by atoms with Gasteiger partial charge in [0.25, 0.3) is 0 Å². The van der Waals surface area contributed by atoms with Crippen LogP contribution in [0.2, 0.25) is 0 Å². The van der Waals surface area contributed by atoms with Crippen LogP contribution in [-0.4, -0.2) is 51.4 Å². The largest absolute Gasteiger partial charge is 0 e. The minimum Gasteiger partial charge on any atom is 0 e. The van der Waals surface area contributed by atoms with Gasteiger partial charge in [-0.2, -0.15) is 0 Å². The van der Waals surface area contributed by atoms with Crippen molar-refractivity contribution in [2.45, 2.75) is 0 Å². The number of halogens is 1. The summed E-state index contributed by atoms with van der Waals surface area (Å²) in [6.07, 6.45) is 0. The van der Waals surface area contributed by atoms with Crippen molar-refractivity contribution in [1.82, 2.24) is 0 Å². The monoisotopic (exact) mass is 254 g/mol. The molecule has 0 fully saturated rings. The second kappa shape index (κ2) is 16.1. The maximum absolute atomic E-state index is 0. The first-order valence-corrected chi connectivity index (χ1v) is 0. The molecule has 0 heterocycles. The van der Waals surface area contributed by atoms with Gasteiger partial charge in [-0.3, -0.25) is 0 Å². The van der Waals surface area contributed by atoms with Gasteiger partial charge in [0.15, 0.2) is 0 Å². The third-order valence-electron chi connectivity index (χ3n) is 0. The maximum atomic E-state index is 0. The zero-order chi connectivity index (χ0) is 0. The van der Waals surface area contributed by atoms with E-state index in [9.17, 15) is 0 Å². The van der Waals surface area contributed by atoms with Crippen molar-refractivity contribution in [3.8, 4) is 0 Å². The Hall–Kier alpha value is 3.47. The van der Waals surface area contributed by atoms with Gasteiger partial charge < -0.3 is 0 Å². The molecule has 0 aliphatic carbocycles. The van der Waals surface area contributed by atoms with Crippen LogP contribution in [-0.2, 0) is 46.8 Å². The molecule has 4 heteroatoms. The normalized spacial score (nSPS) is 0. The third kappa shape index (κ3) is 9.08. The second-order valence-electron chi connectivity index (χ2n) is 0. The molecule has 4 heavy (non-hydrogen) atoms.